The summed E-state index contributed by atoms with van der Waals surface area (Å²) in [7, 11) is 0. The molecule has 6 rings (SSSR count). The van der Waals surface area contributed by atoms with Gasteiger partial charge in [0.2, 0.25) is 0 Å². The van der Waals surface area contributed by atoms with Gasteiger partial charge in [0.05, 0.1) is 19.1 Å². The SMILES string of the molecule is Cc1cc(-c2cnc3sc(N)nc3c2)cc2c1OCCN(c1nc([C@@H]3CC(F)(F)CN3)nc(C)c1C(C)C)C2. The van der Waals surface area contributed by atoms with E-state index in [0.29, 0.717) is 30.7 Å². The zero-order valence-corrected chi connectivity index (χ0v) is 23.2. The van der Waals surface area contributed by atoms with Crippen molar-refractivity contribution in [2.24, 2.45) is 0 Å². The molecule has 4 aromatic rings. The van der Waals surface area contributed by atoms with Crippen LogP contribution < -0.4 is 20.7 Å². The van der Waals surface area contributed by atoms with Gasteiger partial charge in [0, 0.05) is 41.5 Å². The molecule has 2 aliphatic rings. The van der Waals surface area contributed by atoms with Crippen molar-refractivity contribution in [3.63, 3.8) is 0 Å². The molecular weight excluding hydrogens is 520 g/mol. The van der Waals surface area contributed by atoms with Gasteiger partial charge in [-0.15, -0.1) is 0 Å². The predicted octanol–water partition coefficient (Wildman–Crippen LogP) is 5.54. The summed E-state index contributed by atoms with van der Waals surface area (Å²) in [5.74, 6) is -0.537. The Morgan fingerprint density at radius 2 is 1.97 bits per heavy atom. The monoisotopic (exact) mass is 551 g/mol. The number of aryl methyl sites for hydroxylation is 2. The Hall–Kier alpha value is -3.44. The first kappa shape index (κ1) is 25.8. The topological polar surface area (TPSA) is 102 Å². The summed E-state index contributed by atoms with van der Waals surface area (Å²) in [6, 6.07) is 5.66. The van der Waals surface area contributed by atoms with Crippen molar-refractivity contribution in [1.82, 2.24) is 25.3 Å². The zero-order valence-electron chi connectivity index (χ0n) is 22.4. The Morgan fingerprint density at radius 1 is 1.15 bits per heavy atom. The quantitative estimate of drug-likeness (QED) is 0.341. The predicted molar refractivity (Wildman–Crippen MR) is 150 cm³/mol. The van der Waals surface area contributed by atoms with E-state index in [-0.39, 0.29) is 18.9 Å². The molecule has 1 saturated heterocycles. The maximum Gasteiger partial charge on any atom is 0.262 e. The van der Waals surface area contributed by atoms with Crippen LogP contribution in [0, 0.1) is 13.8 Å². The number of aromatic nitrogens is 4. The Balaban J connectivity index is 1.40. The molecule has 3 aromatic heterocycles. The number of rotatable bonds is 4. The lowest BCUT2D eigenvalue weighted by atomic mass is 9.98. The van der Waals surface area contributed by atoms with Crippen molar-refractivity contribution in [3.8, 4) is 16.9 Å². The van der Waals surface area contributed by atoms with Crippen molar-refractivity contribution in [1.29, 1.82) is 0 Å². The zero-order chi connectivity index (χ0) is 27.5. The second-order valence-corrected chi connectivity index (χ2v) is 11.7. The largest absolute Gasteiger partial charge is 0.491 e. The molecule has 204 valence electrons. The number of benzene rings is 1. The summed E-state index contributed by atoms with van der Waals surface area (Å²) in [5.41, 5.74) is 12.5. The van der Waals surface area contributed by atoms with Crippen LogP contribution >= 0.6 is 11.3 Å². The molecule has 0 saturated carbocycles. The third-order valence-electron chi connectivity index (χ3n) is 7.35. The minimum absolute atomic E-state index is 0.159. The van der Waals surface area contributed by atoms with Crippen LogP contribution in [-0.4, -0.2) is 45.6 Å². The van der Waals surface area contributed by atoms with E-state index < -0.39 is 12.0 Å². The van der Waals surface area contributed by atoms with Crippen LogP contribution in [0.25, 0.3) is 21.5 Å². The second-order valence-electron chi connectivity index (χ2n) is 10.7. The van der Waals surface area contributed by atoms with Crippen LogP contribution in [0.1, 0.15) is 60.4 Å². The number of halogens is 2. The summed E-state index contributed by atoms with van der Waals surface area (Å²) in [6.45, 7) is 9.49. The number of nitrogens with zero attached hydrogens (tertiary/aromatic N) is 5. The number of nitrogen functional groups attached to an aromatic ring is 1. The molecule has 0 amide bonds. The van der Waals surface area contributed by atoms with Gasteiger partial charge in [-0.05, 0) is 49.1 Å². The third kappa shape index (κ3) is 4.89. The van der Waals surface area contributed by atoms with Gasteiger partial charge in [-0.25, -0.2) is 28.7 Å². The molecule has 1 atom stereocenters. The minimum Gasteiger partial charge on any atom is -0.491 e. The Bertz CT molecular complexity index is 1570. The van der Waals surface area contributed by atoms with E-state index in [9.17, 15) is 8.78 Å². The molecule has 0 aliphatic carbocycles. The lowest BCUT2D eigenvalue weighted by molar-refractivity contribution is 0.0207. The molecule has 0 unspecified atom stereocenters. The number of hydrogen-bond donors (Lipinski definition) is 2. The highest BCUT2D eigenvalue weighted by molar-refractivity contribution is 7.21. The number of thiazole rings is 1. The number of nitrogens with two attached hydrogens (primary N) is 1. The summed E-state index contributed by atoms with van der Waals surface area (Å²) < 4.78 is 34.3. The van der Waals surface area contributed by atoms with Gasteiger partial charge >= 0.3 is 0 Å². The maximum atomic E-state index is 14.0. The molecule has 2 aliphatic heterocycles. The standard InChI is InChI=1S/C28H31F2N7OS/c1-14(2)22-16(4)34-24(21-10-28(29,30)13-33-21)36-25(22)37-5-6-38-23-15(3)7-17(8-19(23)12-37)18-9-20-26(32-11-18)39-27(31)35-20/h7-9,11,14,21,33H,5-6,10,12-13H2,1-4H3,(H2,31,35)/t21-/m0/s1. The molecule has 5 heterocycles. The number of anilines is 2. The molecule has 8 nitrogen and oxygen atoms in total. The molecular formula is C28H31F2N7OS. The fourth-order valence-corrected chi connectivity index (χ4v) is 6.27. The number of nitrogens with one attached hydrogen (secondary N) is 1. The smallest absolute Gasteiger partial charge is 0.262 e. The molecule has 3 N–H and O–H groups in total. The van der Waals surface area contributed by atoms with Crippen molar-refractivity contribution in [2.45, 2.75) is 58.5 Å². The van der Waals surface area contributed by atoms with Crippen LogP contribution in [0.3, 0.4) is 0 Å². The normalized spacial score (nSPS) is 18.8. The molecule has 0 bridgehead atoms. The minimum atomic E-state index is -2.76. The van der Waals surface area contributed by atoms with Crippen molar-refractivity contribution >= 4 is 32.6 Å². The summed E-state index contributed by atoms with van der Waals surface area (Å²) in [4.78, 5) is 21.5. The first-order chi connectivity index (χ1) is 18.6. The van der Waals surface area contributed by atoms with E-state index in [2.05, 4.69) is 51.1 Å². The highest BCUT2D eigenvalue weighted by atomic mass is 32.1. The van der Waals surface area contributed by atoms with Crippen LogP contribution in [0.15, 0.2) is 24.4 Å². The first-order valence-corrected chi connectivity index (χ1v) is 13.9. The number of fused-ring (bicyclic) bond motifs is 2. The molecule has 11 heteroatoms. The van der Waals surface area contributed by atoms with Crippen LogP contribution in [-0.2, 0) is 6.54 Å². The Labute approximate surface area is 229 Å². The summed E-state index contributed by atoms with van der Waals surface area (Å²) in [5, 5.41) is 3.40. The maximum absolute atomic E-state index is 14.0. The van der Waals surface area contributed by atoms with E-state index in [1.807, 2.05) is 26.1 Å². The van der Waals surface area contributed by atoms with Crippen LogP contribution in [0.4, 0.5) is 19.7 Å². The van der Waals surface area contributed by atoms with Gasteiger partial charge in [-0.3, -0.25) is 0 Å². The Morgan fingerprint density at radius 3 is 2.72 bits per heavy atom. The van der Waals surface area contributed by atoms with E-state index in [1.165, 1.54) is 11.3 Å². The van der Waals surface area contributed by atoms with Gasteiger partial charge in [-0.1, -0.05) is 25.2 Å². The first-order valence-electron chi connectivity index (χ1n) is 13.1. The van der Waals surface area contributed by atoms with Gasteiger partial charge in [0.25, 0.3) is 5.92 Å². The van der Waals surface area contributed by atoms with Crippen molar-refractivity contribution in [2.75, 3.05) is 30.3 Å². The van der Waals surface area contributed by atoms with Gasteiger partial charge in [0.1, 0.15) is 34.3 Å². The van der Waals surface area contributed by atoms with Gasteiger partial charge < -0.3 is 20.7 Å². The molecule has 0 radical (unpaired) electrons. The van der Waals surface area contributed by atoms with Crippen molar-refractivity contribution in [3.05, 3.63) is 52.6 Å². The fraction of sp³-hybridized carbons (Fsp3) is 0.429. The van der Waals surface area contributed by atoms with Crippen molar-refractivity contribution < 1.29 is 13.5 Å². The van der Waals surface area contributed by atoms with E-state index in [4.69, 9.17) is 15.5 Å². The van der Waals surface area contributed by atoms with Gasteiger partial charge in [0.15, 0.2) is 5.13 Å². The number of hydrogen-bond acceptors (Lipinski definition) is 9. The van der Waals surface area contributed by atoms with Crippen LogP contribution in [0.2, 0.25) is 0 Å². The molecule has 39 heavy (non-hydrogen) atoms. The third-order valence-corrected chi connectivity index (χ3v) is 8.16. The summed E-state index contributed by atoms with van der Waals surface area (Å²) in [6.07, 6.45) is 1.54. The van der Waals surface area contributed by atoms with E-state index >= 15 is 0 Å². The molecule has 1 aromatic carbocycles. The number of ether oxygens (including phenoxy) is 1. The Kier molecular flexibility index (Phi) is 6.38. The van der Waals surface area contributed by atoms with Gasteiger partial charge in [-0.2, -0.15) is 0 Å². The molecule has 0 spiro atoms. The van der Waals surface area contributed by atoms with E-state index in [1.54, 1.807) is 0 Å². The summed E-state index contributed by atoms with van der Waals surface area (Å²) >= 11 is 1.37. The van der Waals surface area contributed by atoms with Crippen LogP contribution in [0.5, 0.6) is 5.75 Å². The average Bonchev–Trinajstić information content (AvgIpc) is 3.35. The second kappa shape index (κ2) is 9.63. The number of pyridine rings is 1. The number of alkyl halides is 2. The lowest BCUT2D eigenvalue weighted by Gasteiger charge is -2.27. The highest BCUT2D eigenvalue weighted by Gasteiger charge is 2.41. The molecule has 1 fully saturated rings. The lowest BCUT2D eigenvalue weighted by Crippen LogP contribution is -2.29. The average molecular weight is 552 g/mol. The fourth-order valence-electron chi connectivity index (χ4n) is 5.62. The van der Waals surface area contributed by atoms with E-state index in [0.717, 1.165) is 55.4 Å². The highest BCUT2D eigenvalue weighted by Crippen LogP contribution is 2.39.